The molecule has 1 amide bonds. The summed E-state index contributed by atoms with van der Waals surface area (Å²) in [6.45, 7) is 4.94. The van der Waals surface area contributed by atoms with Crippen LogP contribution < -0.4 is 4.90 Å². The molecule has 3 rings (SSSR count). The minimum Gasteiger partial charge on any atom is -0.311 e. The molecule has 3 nitrogen and oxygen atoms in total. The van der Waals surface area contributed by atoms with Gasteiger partial charge in [-0.3, -0.25) is 4.79 Å². The van der Waals surface area contributed by atoms with Crippen molar-refractivity contribution in [2.45, 2.75) is 31.7 Å². The van der Waals surface area contributed by atoms with Crippen LogP contribution in [0.3, 0.4) is 0 Å². The maximum atomic E-state index is 12.6. The van der Waals surface area contributed by atoms with Crippen molar-refractivity contribution >= 4 is 23.4 Å². The Labute approximate surface area is 135 Å². The number of carbonyl (C=O) groups is 1. The molecule has 0 saturated heterocycles. The van der Waals surface area contributed by atoms with Crippen LogP contribution in [-0.2, 0) is 11.2 Å². The smallest absolute Gasteiger partial charge is 0.237 e. The number of rotatable bonds is 3. The van der Waals surface area contributed by atoms with Gasteiger partial charge in [-0.25, -0.2) is 4.98 Å². The quantitative estimate of drug-likeness (QED) is 0.809. The summed E-state index contributed by atoms with van der Waals surface area (Å²) in [5.74, 6) is 0.605. The summed E-state index contributed by atoms with van der Waals surface area (Å²) in [5.41, 5.74) is 4.77. The van der Waals surface area contributed by atoms with Gasteiger partial charge in [0.05, 0.1) is 10.8 Å². The van der Waals surface area contributed by atoms with Gasteiger partial charge in [0.1, 0.15) is 0 Å². The van der Waals surface area contributed by atoms with Crippen LogP contribution >= 0.6 is 11.8 Å². The summed E-state index contributed by atoms with van der Waals surface area (Å²) < 4.78 is 0. The van der Waals surface area contributed by atoms with E-state index < -0.39 is 0 Å². The Morgan fingerprint density at radius 2 is 2.18 bits per heavy atom. The van der Waals surface area contributed by atoms with E-state index in [4.69, 9.17) is 0 Å². The molecule has 0 aliphatic carbocycles. The number of aryl methyl sites for hydroxylation is 3. The molecule has 0 N–H and O–H groups in total. The Morgan fingerprint density at radius 3 is 3.00 bits per heavy atom. The van der Waals surface area contributed by atoms with Crippen LogP contribution in [0.5, 0.6) is 0 Å². The van der Waals surface area contributed by atoms with Crippen molar-refractivity contribution < 1.29 is 4.79 Å². The summed E-state index contributed by atoms with van der Waals surface area (Å²) in [4.78, 5) is 18.9. The number of hydrogen-bond acceptors (Lipinski definition) is 3. The Bertz CT molecular complexity index is 699. The van der Waals surface area contributed by atoms with Crippen LogP contribution in [0, 0.1) is 13.8 Å². The number of fused-ring (bicyclic) bond motifs is 1. The maximum absolute atomic E-state index is 12.6. The first-order valence-corrected chi connectivity index (χ1v) is 8.58. The van der Waals surface area contributed by atoms with Gasteiger partial charge < -0.3 is 4.90 Å². The van der Waals surface area contributed by atoms with Gasteiger partial charge in [0, 0.05) is 18.4 Å². The molecule has 1 aliphatic rings. The fourth-order valence-corrected chi connectivity index (χ4v) is 3.73. The molecule has 0 fully saturated rings. The molecule has 0 spiro atoms. The third-order valence-corrected chi connectivity index (χ3v) is 4.86. The molecule has 4 heteroatoms. The van der Waals surface area contributed by atoms with Crippen LogP contribution in [0.1, 0.15) is 23.1 Å². The number of aromatic nitrogens is 1. The molecule has 0 atom stereocenters. The molecule has 2 aromatic rings. The van der Waals surface area contributed by atoms with Gasteiger partial charge in [0.15, 0.2) is 0 Å². The number of thioether (sulfide) groups is 1. The predicted molar refractivity (Wildman–Crippen MR) is 91.6 cm³/mol. The van der Waals surface area contributed by atoms with E-state index in [2.05, 4.69) is 30.1 Å². The van der Waals surface area contributed by atoms with E-state index in [1.165, 1.54) is 28.5 Å². The summed E-state index contributed by atoms with van der Waals surface area (Å²) in [7, 11) is 0. The van der Waals surface area contributed by atoms with Crippen molar-refractivity contribution in [2.24, 2.45) is 0 Å². The number of hydrogen-bond donors (Lipinski definition) is 0. The molecule has 1 aromatic carbocycles. The van der Waals surface area contributed by atoms with Gasteiger partial charge in [-0.1, -0.05) is 30.0 Å². The number of para-hydroxylation sites is 1. The van der Waals surface area contributed by atoms with Gasteiger partial charge in [0.2, 0.25) is 5.91 Å². The first-order valence-electron chi connectivity index (χ1n) is 7.59. The Hall–Kier alpha value is -1.81. The van der Waals surface area contributed by atoms with Gasteiger partial charge >= 0.3 is 0 Å². The first-order chi connectivity index (χ1) is 10.6. The number of amides is 1. The van der Waals surface area contributed by atoms with Gasteiger partial charge in [0.25, 0.3) is 0 Å². The molecule has 2 heterocycles. The lowest BCUT2D eigenvalue weighted by Gasteiger charge is -2.31. The standard InChI is InChI=1S/C18H20N2OS/c1-13-8-9-19-16(11-13)22-12-17(21)20-10-4-7-15-6-3-5-14(2)18(15)20/h3,5-6,8-9,11H,4,7,10,12H2,1-2H3. The summed E-state index contributed by atoms with van der Waals surface area (Å²) in [6.07, 6.45) is 3.89. The van der Waals surface area contributed by atoms with Crippen LogP contribution in [0.15, 0.2) is 41.6 Å². The van der Waals surface area contributed by atoms with E-state index in [1.54, 1.807) is 6.20 Å². The number of anilines is 1. The van der Waals surface area contributed by atoms with E-state index >= 15 is 0 Å². The van der Waals surface area contributed by atoms with E-state index in [-0.39, 0.29) is 5.91 Å². The highest BCUT2D eigenvalue weighted by Crippen LogP contribution is 2.31. The SMILES string of the molecule is Cc1ccnc(SCC(=O)N2CCCc3cccc(C)c32)c1. The predicted octanol–water partition coefficient (Wildman–Crippen LogP) is 3.77. The number of pyridine rings is 1. The summed E-state index contributed by atoms with van der Waals surface area (Å²) in [6, 6.07) is 10.3. The molecule has 0 bridgehead atoms. The molecule has 0 radical (unpaired) electrons. The van der Waals surface area contributed by atoms with Crippen molar-refractivity contribution in [1.82, 2.24) is 4.98 Å². The zero-order chi connectivity index (χ0) is 15.5. The third-order valence-electron chi connectivity index (χ3n) is 3.95. The molecular weight excluding hydrogens is 292 g/mol. The molecular formula is C18H20N2OS. The molecule has 1 aliphatic heterocycles. The molecule has 1 aromatic heterocycles. The zero-order valence-electron chi connectivity index (χ0n) is 13.0. The number of nitrogens with zero attached hydrogens (tertiary/aromatic N) is 2. The van der Waals surface area contributed by atoms with Crippen molar-refractivity contribution in [2.75, 3.05) is 17.2 Å². The fraction of sp³-hybridized carbons (Fsp3) is 0.333. The zero-order valence-corrected chi connectivity index (χ0v) is 13.8. The number of carbonyl (C=O) groups excluding carboxylic acids is 1. The van der Waals surface area contributed by atoms with Crippen LogP contribution in [0.4, 0.5) is 5.69 Å². The topological polar surface area (TPSA) is 33.2 Å². The molecule has 0 saturated carbocycles. The lowest BCUT2D eigenvalue weighted by molar-refractivity contribution is -0.116. The fourth-order valence-electron chi connectivity index (χ4n) is 2.90. The minimum atomic E-state index is 0.170. The normalized spacial score (nSPS) is 13.8. The monoisotopic (exact) mass is 312 g/mol. The molecule has 22 heavy (non-hydrogen) atoms. The highest BCUT2D eigenvalue weighted by atomic mass is 32.2. The van der Waals surface area contributed by atoms with E-state index in [1.807, 2.05) is 24.0 Å². The van der Waals surface area contributed by atoms with Crippen LogP contribution in [-0.4, -0.2) is 23.2 Å². The summed E-state index contributed by atoms with van der Waals surface area (Å²) >= 11 is 1.51. The van der Waals surface area contributed by atoms with Crippen LogP contribution in [0.2, 0.25) is 0 Å². The maximum Gasteiger partial charge on any atom is 0.237 e. The van der Waals surface area contributed by atoms with Crippen molar-refractivity contribution in [3.8, 4) is 0 Å². The first kappa shape index (κ1) is 15.1. The minimum absolute atomic E-state index is 0.170. The highest BCUT2D eigenvalue weighted by molar-refractivity contribution is 7.99. The Kier molecular flexibility index (Phi) is 4.48. The second-order valence-electron chi connectivity index (χ2n) is 5.69. The van der Waals surface area contributed by atoms with Crippen LogP contribution in [0.25, 0.3) is 0 Å². The van der Waals surface area contributed by atoms with E-state index in [0.717, 1.165) is 30.1 Å². The highest BCUT2D eigenvalue weighted by Gasteiger charge is 2.23. The lowest BCUT2D eigenvalue weighted by Crippen LogP contribution is -2.37. The largest absolute Gasteiger partial charge is 0.311 e. The second kappa shape index (κ2) is 6.53. The second-order valence-corrected chi connectivity index (χ2v) is 6.69. The average Bonchev–Trinajstić information content (AvgIpc) is 2.52. The van der Waals surface area contributed by atoms with Crippen molar-refractivity contribution in [1.29, 1.82) is 0 Å². The van der Waals surface area contributed by atoms with Gasteiger partial charge in [-0.2, -0.15) is 0 Å². The Balaban J connectivity index is 1.74. The Morgan fingerprint density at radius 1 is 1.32 bits per heavy atom. The average molecular weight is 312 g/mol. The van der Waals surface area contributed by atoms with E-state index in [0.29, 0.717) is 5.75 Å². The van der Waals surface area contributed by atoms with Gasteiger partial charge in [-0.15, -0.1) is 0 Å². The van der Waals surface area contributed by atoms with Crippen molar-refractivity contribution in [3.63, 3.8) is 0 Å². The van der Waals surface area contributed by atoms with Gasteiger partial charge in [-0.05, 0) is 55.5 Å². The lowest BCUT2D eigenvalue weighted by atomic mass is 9.98. The van der Waals surface area contributed by atoms with E-state index in [9.17, 15) is 4.79 Å². The molecule has 114 valence electrons. The third kappa shape index (κ3) is 3.17. The molecule has 0 unspecified atom stereocenters. The summed E-state index contributed by atoms with van der Waals surface area (Å²) in [5, 5.41) is 0.912. The number of benzene rings is 1. The van der Waals surface area contributed by atoms with Crippen molar-refractivity contribution in [3.05, 3.63) is 53.2 Å².